The number of hydrogen-bond acceptors (Lipinski definition) is 3. The van der Waals surface area contributed by atoms with Crippen LogP contribution in [0.3, 0.4) is 0 Å². The van der Waals surface area contributed by atoms with Gasteiger partial charge in [-0.2, -0.15) is 0 Å². The summed E-state index contributed by atoms with van der Waals surface area (Å²) < 4.78 is 13.3. The van der Waals surface area contributed by atoms with Gasteiger partial charge in [-0.3, -0.25) is 0 Å². The van der Waals surface area contributed by atoms with E-state index in [1.54, 1.807) is 0 Å². The quantitative estimate of drug-likeness (QED) is 0.180. The molecule has 0 radical (unpaired) electrons. The van der Waals surface area contributed by atoms with Gasteiger partial charge in [0.1, 0.15) is 16.7 Å². The summed E-state index contributed by atoms with van der Waals surface area (Å²) in [5.41, 5.74) is 12.5. The number of aryl methyl sites for hydroxylation is 1. The molecule has 0 N–H and O–H groups in total. The molecule has 0 aliphatic heterocycles. The summed E-state index contributed by atoms with van der Waals surface area (Å²) in [6.45, 7) is 2.10. The lowest BCUT2D eigenvalue weighted by Gasteiger charge is -2.27. The summed E-state index contributed by atoms with van der Waals surface area (Å²) in [6, 6.07) is 65.0. The maximum absolute atomic E-state index is 6.94. The van der Waals surface area contributed by atoms with Crippen LogP contribution in [0.15, 0.2) is 191 Å². The topological polar surface area (TPSA) is 29.5 Å². The summed E-state index contributed by atoms with van der Waals surface area (Å²) in [5, 5.41) is 9.11. The largest absolute Gasteiger partial charge is 0.456 e. The number of furan rings is 2. The number of rotatable bonds is 5. The van der Waals surface area contributed by atoms with Crippen LogP contribution in [0.1, 0.15) is 5.56 Å². The Morgan fingerprint density at radius 1 is 0.370 bits per heavy atom. The Balaban J connectivity index is 1.11. The van der Waals surface area contributed by atoms with Gasteiger partial charge in [-0.15, -0.1) is 0 Å². The minimum Gasteiger partial charge on any atom is -0.456 e. The lowest BCUT2D eigenvalue weighted by molar-refractivity contribution is 0.668. The summed E-state index contributed by atoms with van der Waals surface area (Å²) in [4.78, 5) is 2.36. The second-order valence-corrected chi connectivity index (χ2v) is 14.2. The monoisotopic (exact) mass is 691 g/mol. The number of nitrogens with zero attached hydrogens (tertiary/aromatic N) is 1. The molecule has 0 bridgehead atoms. The number of fused-ring (bicyclic) bond motifs is 9. The van der Waals surface area contributed by atoms with Gasteiger partial charge in [-0.25, -0.2) is 0 Å². The smallest absolute Gasteiger partial charge is 0.159 e. The third-order valence-electron chi connectivity index (χ3n) is 10.9. The summed E-state index contributed by atoms with van der Waals surface area (Å²) in [7, 11) is 0. The molecule has 0 amide bonds. The number of para-hydroxylation sites is 1. The average Bonchev–Trinajstić information content (AvgIpc) is 3.80. The van der Waals surface area contributed by atoms with E-state index in [1.165, 1.54) is 22.1 Å². The van der Waals surface area contributed by atoms with Crippen molar-refractivity contribution in [1.29, 1.82) is 0 Å². The minimum atomic E-state index is 0.856. The van der Waals surface area contributed by atoms with Crippen LogP contribution in [-0.2, 0) is 0 Å². The van der Waals surface area contributed by atoms with Gasteiger partial charge in [0.25, 0.3) is 0 Å². The van der Waals surface area contributed by atoms with Gasteiger partial charge in [0.05, 0.1) is 11.4 Å². The molecule has 11 aromatic rings. The molecule has 254 valence electrons. The second kappa shape index (κ2) is 12.0. The van der Waals surface area contributed by atoms with Gasteiger partial charge in [-0.05, 0) is 94.0 Å². The summed E-state index contributed by atoms with van der Waals surface area (Å²) >= 11 is 0. The molecule has 0 saturated heterocycles. The fourth-order valence-corrected chi connectivity index (χ4v) is 8.31. The van der Waals surface area contributed by atoms with Crippen LogP contribution in [0.5, 0.6) is 0 Å². The van der Waals surface area contributed by atoms with E-state index < -0.39 is 0 Å². The Hall–Kier alpha value is -7.10. The van der Waals surface area contributed by atoms with Gasteiger partial charge in [0.15, 0.2) is 5.58 Å². The van der Waals surface area contributed by atoms with Crippen molar-refractivity contribution in [1.82, 2.24) is 0 Å². The van der Waals surface area contributed by atoms with Crippen LogP contribution in [-0.4, -0.2) is 0 Å². The maximum Gasteiger partial charge on any atom is 0.159 e. The molecule has 0 fully saturated rings. The van der Waals surface area contributed by atoms with Crippen molar-refractivity contribution in [3.63, 3.8) is 0 Å². The van der Waals surface area contributed by atoms with Crippen molar-refractivity contribution in [3.05, 3.63) is 188 Å². The SMILES string of the molecule is Cc1ccc2c(c1)oc1cc(-c3ccc(N(c4ccc(-c5ccccc5)c5ccccc45)c4cccc5c4oc4c6ccccc6ccc54)cc3)ccc12. The highest BCUT2D eigenvalue weighted by molar-refractivity contribution is 6.18. The van der Waals surface area contributed by atoms with E-state index >= 15 is 0 Å². The third-order valence-corrected chi connectivity index (χ3v) is 10.9. The van der Waals surface area contributed by atoms with Crippen LogP contribution in [0.25, 0.3) is 87.7 Å². The predicted molar refractivity (Wildman–Crippen MR) is 226 cm³/mol. The van der Waals surface area contributed by atoms with Crippen LogP contribution in [0.2, 0.25) is 0 Å². The molecule has 2 heterocycles. The first-order chi connectivity index (χ1) is 26.7. The first kappa shape index (κ1) is 30.5. The van der Waals surface area contributed by atoms with Crippen LogP contribution in [0, 0.1) is 6.92 Å². The van der Waals surface area contributed by atoms with E-state index in [-0.39, 0.29) is 0 Å². The van der Waals surface area contributed by atoms with Crippen molar-refractivity contribution in [3.8, 4) is 22.3 Å². The summed E-state index contributed by atoms with van der Waals surface area (Å²) in [5.74, 6) is 0. The molecule has 0 unspecified atom stereocenters. The standard InChI is InChI=1S/C51H33NO2/c1-32-18-25-42-43-26-22-36(31-49(43)53-48(42)30-32)33-19-23-37(24-20-33)52(46-29-28-38(34-10-3-2-4-11-34)40-14-7-8-15-41(40)46)47-17-9-16-44-45-27-21-35-12-5-6-13-39(35)50(45)54-51(44)47/h2-31H,1H3. The molecule has 11 rings (SSSR count). The number of benzene rings is 9. The van der Waals surface area contributed by atoms with Crippen molar-refractivity contribution < 1.29 is 8.83 Å². The molecule has 3 heteroatoms. The van der Waals surface area contributed by atoms with Gasteiger partial charge in [-0.1, -0.05) is 133 Å². The highest BCUT2D eigenvalue weighted by atomic mass is 16.3. The fraction of sp³-hybridized carbons (Fsp3) is 0.0196. The van der Waals surface area contributed by atoms with Gasteiger partial charge in [0.2, 0.25) is 0 Å². The van der Waals surface area contributed by atoms with Crippen LogP contribution in [0.4, 0.5) is 17.1 Å². The Morgan fingerprint density at radius 3 is 1.89 bits per heavy atom. The van der Waals surface area contributed by atoms with E-state index in [4.69, 9.17) is 8.83 Å². The molecule has 2 aromatic heterocycles. The maximum atomic E-state index is 6.94. The molecular formula is C51H33NO2. The van der Waals surface area contributed by atoms with Gasteiger partial charge in [0, 0.05) is 38.0 Å². The molecule has 54 heavy (non-hydrogen) atoms. The van der Waals surface area contributed by atoms with Crippen LogP contribution >= 0.6 is 0 Å². The molecule has 0 saturated carbocycles. The zero-order valence-electron chi connectivity index (χ0n) is 29.6. The molecular weight excluding hydrogens is 659 g/mol. The first-order valence-corrected chi connectivity index (χ1v) is 18.4. The lowest BCUT2D eigenvalue weighted by atomic mass is 9.96. The Kier molecular flexibility index (Phi) is 6.77. The normalized spacial score (nSPS) is 11.8. The van der Waals surface area contributed by atoms with Crippen molar-refractivity contribution in [2.24, 2.45) is 0 Å². The molecule has 0 aliphatic carbocycles. The highest BCUT2D eigenvalue weighted by Crippen LogP contribution is 2.47. The zero-order valence-corrected chi connectivity index (χ0v) is 29.6. The van der Waals surface area contributed by atoms with Crippen molar-refractivity contribution in [2.45, 2.75) is 6.92 Å². The third kappa shape index (κ3) is 4.76. The van der Waals surface area contributed by atoms with E-state index in [0.29, 0.717) is 0 Å². The Labute approximate surface area is 311 Å². The molecule has 3 nitrogen and oxygen atoms in total. The van der Waals surface area contributed by atoms with E-state index in [0.717, 1.165) is 88.2 Å². The number of anilines is 3. The molecule has 0 aliphatic rings. The average molecular weight is 692 g/mol. The van der Waals surface area contributed by atoms with Crippen LogP contribution < -0.4 is 4.90 Å². The Bertz CT molecular complexity index is 3220. The predicted octanol–water partition coefficient (Wildman–Crippen LogP) is 14.9. The molecule has 9 aromatic carbocycles. The van der Waals surface area contributed by atoms with Crippen molar-refractivity contribution >= 4 is 82.5 Å². The van der Waals surface area contributed by atoms with Gasteiger partial charge < -0.3 is 13.7 Å². The van der Waals surface area contributed by atoms with Gasteiger partial charge >= 0.3 is 0 Å². The fourth-order valence-electron chi connectivity index (χ4n) is 8.31. The van der Waals surface area contributed by atoms with E-state index in [9.17, 15) is 0 Å². The first-order valence-electron chi connectivity index (χ1n) is 18.4. The highest BCUT2D eigenvalue weighted by Gasteiger charge is 2.22. The molecule has 0 spiro atoms. The van der Waals surface area contributed by atoms with E-state index in [2.05, 4.69) is 194 Å². The van der Waals surface area contributed by atoms with E-state index in [1.807, 2.05) is 0 Å². The zero-order chi connectivity index (χ0) is 35.8. The molecule has 0 atom stereocenters. The minimum absolute atomic E-state index is 0.856. The second-order valence-electron chi connectivity index (χ2n) is 14.2. The Morgan fingerprint density at radius 2 is 1.04 bits per heavy atom. The van der Waals surface area contributed by atoms with Crippen molar-refractivity contribution in [2.75, 3.05) is 4.90 Å². The lowest BCUT2D eigenvalue weighted by Crippen LogP contribution is -2.11. The summed E-state index contributed by atoms with van der Waals surface area (Å²) in [6.07, 6.45) is 0. The number of hydrogen-bond donors (Lipinski definition) is 0.